The van der Waals surface area contributed by atoms with E-state index in [1.807, 2.05) is 44.7 Å². The van der Waals surface area contributed by atoms with Crippen LogP contribution in [0.2, 0.25) is 0 Å². The van der Waals surface area contributed by atoms with Gasteiger partial charge >= 0.3 is 0 Å². The molecule has 6 heteroatoms. The van der Waals surface area contributed by atoms with Gasteiger partial charge in [0.25, 0.3) is 10.0 Å². The molecule has 0 aliphatic carbocycles. The molecule has 0 fully saturated rings. The highest BCUT2D eigenvalue weighted by Crippen LogP contribution is 2.44. The van der Waals surface area contributed by atoms with Crippen molar-refractivity contribution in [2.75, 3.05) is 16.2 Å². The van der Waals surface area contributed by atoms with Gasteiger partial charge in [-0.2, -0.15) is 0 Å². The van der Waals surface area contributed by atoms with E-state index in [-0.39, 0.29) is 16.7 Å². The van der Waals surface area contributed by atoms with Crippen molar-refractivity contribution in [3.05, 3.63) is 52.1 Å². The van der Waals surface area contributed by atoms with Gasteiger partial charge < -0.3 is 4.90 Å². The van der Waals surface area contributed by atoms with Crippen LogP contribution in [0.4, 0.5) is 11.4 Å². The smallest absolute Gasteiger partial charge is 0.261 e. The average Bonchev–Trinajstić information content (AvgIpc) is 2.85. The van der Waals surface area contributed by atoms with E-state index in [4.69, 9.17) is 0 Å². The number of carbonyl (C=O) groups excluding carboxylic acids is 1. The summed E-state index contributed by atoms with van der Waals surface area (Å²) >= 11 is 0. The zero-order valence-corrected chi connectivity index (χ0v) is 16.9. The second kappa shape index (κ2) is 6.09. The highest BCUT2D eigenvalue weighted by molar-refractivity contribution is 7.92. The van der Waals surface area contributed by atoms with Crippen LogP contribution in [0.1, 0.15) is 47.1 Å². The molecular formula is C21H24N2O3S. The van der Waals surface area contributed by atoms with Gasteiger partial charge in [0.1, 0.15) is 0 Å². The third-order valence-electron chi connectivity index (χ3n) is 5.62. The summed E-state index contributed by atoms with van der Waals surface area (Å²) < 4.78 is 29.0. The van der Waals surface area contributed by atoms with Crippen molar-refractivity contribution >= 4 is 27.3 Å². The Labute approximate surface area is 160 Å². The quantitative estimate of drug-likeness (QED) is 0.875. The van der Waals surface area contributed by atoms with Crippen LogP contribution >= 0.6 is 0 Å². The molecule has 0 radical (unpaired) electrons. The molecule has 0 aromatic heterocycles. The molecule has 5 nitrogen and oxygen atoms in total. The lowest BCUT2D eigenvalue weighted by molar-refractivity contribution is -0.119. The van der Waals surface area contributed by atoms with Crippen LogP contribution in [0.5, 0.6) is 0 Å². The molecule has 0 bridgehead atoms. The summed E-state index contributed by atoms with van der Waals surface area (Å²) in [5.74, 6) is -0.228. The first-order valence-electron chi connectivity index (χ1n) is 9.28. The Balaban J connectivity index is 1.80. The fourth-order valence-electron chi connectivity index (χ4n) is 4.35. The highest BCUT2D eigenvalue weighted by Gasteiger charge is 2.38. The third kappa shape index (κ3) is 2.83. The summed E-state index contributed by atoms with van der Waals surface area (Å²) in [6, 6.07) is 7.34. The first kappa shape index (κ1) is 18.0. The maximum absolute atomic E-state index is 13.1. The van der Waals surface area contributed by atoms with E-state index >= 15 is 0 Å². The van der Waals surface area contributed by atoms with Crippen LogP contribution < -0.4 is 9.62 Å². The zero-order valence-electron chi connectivity index (χ0n) is 16.1. The van der Waals surface area contributed by atoms with Gasteiger partial charge in [-0.05, 0) is 74.9 Å². The topological polar surface area (TPSA) is 66.5 Å². The van der Waals surface area contributed by atoms with E-state index in [1.165, 1.54) is 0 Å². The van der Waals surface area contributed by atoms with Crippen LogP contribution in [-0.4, -0.2) is 20.9 Å². The summed E-state index contributed by atoms with van der Waals surface area (Å²) in [4.78, 5) is 14.6. The maximum atomic E-state index is 13.1. The number of nitrogens with zero attached hydrogens (tertiary/aromatic N) is 1. The van der Waals surface area contributed by atoms with Gasteiger partial charge in [-0.15, -0.1) is 0 Å². The first-order valence-corrected chi connectivity index (χ1v) is 10.8. The van der Waals surface area contributed by atoms with Crippen LogP contribution in [0.3, 0.4) is 0 Å². The molecule has 4 rings (SSSR count). The Hall–Kier alpha value is -2.34. The molecule has 2 aromatic carbocycles. The summed E-state index contributed by atoms with van der Waals surface area (Å²) in [5, 5.41) is 0. The largest absolute Gasteiger partial charge is 0.311 e. The predicted molar refractivity (Wildman–Crippen MR) is 107 cm³/mol. The van der Waals surface area contributed by atoms with Crippen molar-refractivity contribution in [3.8, 4) is 0 Å². The number of hydrogen-bond acceptors (Lipinski definition) is 3. The molecule has 1 N–H and O–H groups in total. The van der Waals surface area contributed by atoms with E-state index in [0.29, 0.717) is 5.69 Å². The lowest BCUT2D eigenvalue weighted by Gasteiger charge is -2.26. The maximum Gasteiger partial charge on any atom is 0.261 e. The van der Waals surface area contributed by atoms with Crippen molar-refractivity contribution in [1.82, 2.24) is 0 Å². The molecule has 1 atom stereocenters. The van der Waals surface area contributed by atoms with Gasteiger partial charge in [0.15, 0.2) is 0 Å². The monoisotopic (exact) mass is 384 g/mol. The number of nitrogens with one attached hydrogen (secondary N) is 1. The standard InChI is InChI=1S/C21H24N2O3S/c1-12-8-13(2)19(14(3)9-12)22-27(25,26)17-10-16-6-5-7-23-20(16)18(11-17)15(4)21(23)24/h8-11,15,22H,5-7H2,1-4H3. The Morgan fingerprint density at radius 3 is 2.41 bits per heavy atom. The fourth-order valence-corrected chi connectivity index (χ4v) is 5.64. The minimum Gasteiger partial charge on any atom is -0.311 e. The molecule has 0 saturated carbocycles. The summed E-state index contributed by atoms with van der Waals surface area (Å²) in [7, 11) is -3.74. The molecule has 2 aromatic rings. The number of sulfonamides is 1. The number of aryl methyl sites for hydroxylation is 4. The summed E-state index contributed by atoms with van der Waals surface area (Å²) in [6.07, 6.45) is 1.66. The second-order valence-corrected chi connectivity index (χ2v) is 9.40. The number of benzene rings is 2. The Bertz CT molecular complexity index is 1050. The SMILES string of the molecule is Cc1cc(C)c(NS(=O)(=O)c2cc3c4c(c2)C(C)C(=O)N4CCC3)c(C)c1. The van der Waals surface area contributed by atoms with Gasteiger partial charge in [-0.25, -0.2) is 8.42 Å². The Kier molecular flexibility index (Phi) is 4.07. The Morgan fingerprint density at radius 1 is 1.07 bits per heavy atom. The molecule has 0 saturated heterocycles. The normalized spacial score (nSPS) is 18.6. The van der Waals surface area contributed by atoms with E-state index < -0.39 is 10.0 Å². The van der Waals surface area contributed by atoms with Crippen LogP contribution in [0.15, 0.2) is 29.2 Å². The second-order valence-electron chi connectivity index (χ2n) is 7.71. The molecule has 2 aliphatic heterocycles. The summed E-state index contributed by atoms with van der Waals surface area (Å²) in [6.45, 7) is 8.38. The lowest BCUT2D eigenvalue weighted by atomic mass is 9.97. The van der Waals surface area contributed by atoms with Crippen molar-refractivity contribution in [2.45, 2.75) is 51.3 Å². The van der Waals surface area contributed by atoms with E-state index in [2.05, 4.69) is 4.72 Å². The minimum atomic E-state index is -3.74. The van der Waals surface area contributed by atoms with Crippen LogP contribution in [-0.2, 0) is 21.2 Å². The molecule has 0 spiro atoms. The molecule has 1 unspecified atom stereocenters. The number of rotatable bonds is 3. The van der Waals surface area contributed by atoms with E-state index in [0.717, 1.165) is 52.9 Å². The minimum absolute atomic E-state index is 0.0682. The van der Waals surface area contributed by atoms with Crippen molar-refractivity contribution in [1.29, 1.82) is 0 Å². The van der Waals surface area contributed by atoms with Crippen molar-refractivity contribution in [2.24, 2.45) is 0 Å². The van der Waals surface area contributed by atoms with Crippen molar-refractivity contribution in [3.63, 3.8) is 0 Å². The number of carbonyl (C=O) groups is 1. The highest BCUT2D eigenvalue weighted by atomic mass is 32.2. The molecular weight excluding hydrogens is 360 g/mol. The average molecular weight is 385 g/mol. The third-order valence-corrected chi connectivity index (χ3v) is 6.95. The van der Waals surface area contributed by atoms with Gasteiger partial charge in [0, 0.05) is 6.54 Å². The fraction of sp³-hybridized carbons (Fsp3) is 0.381. The predicted octanol–water partition coefficient (Wildman–Crippen LogP) is 3.81. The van der Waals surface area contributed by atoms with Gasteiger partial charge in [-0.3, -0.25) is 9.52 Å². The summed E-state index contributed by atoms with van der Waals surface area (Å²) in [5.41, 5.74) is 6.23. The number of hydrogen-bond donors (Lipinski definition) is 1. The lowest BCUT2D eigenvalue weighted by Crippen LogP contribution is -2.32. The molecule has 2 aliphatic rings. The number of anilines is 2. The van der Waals surface area contributed by atoms with Crippen LogP contribution in [0.25, 0.3) is 0 Å². The van der Waals surface area contributed by atoms with Crippen LogP contribution in [0, 0.1) is 20.8 Å². The number of amides is 1. The van der Waals surface area contributed by atoms with Crippen molar-refractivity contribution < 1.29 is 13.2 Å². The Morgan fingerprint density at radius 2 is 1.74 bits per heavy atom. The van der Waals surface area contributed by atoms with Gasteiger partial charge in [0.05, 0.1) is 22.2 Å². The molecule has 27 heavy (non-hydrogen) atoms. The van der Waals surface area contributed by atoms with E-state index in [1.54, 1.807) is 12.1 Å². The molecule has 2 heterocycles. The van der Waals surface area contributed by atoms with E-state index in [9.17, 15) is 13.2 Å². The van der Waals surface area contributed by atoms with Gasteiger partial charge in [0.2, 0.25) is 5.91 Å². The zero-order chi connectivity index (χ0) is 19.5. The first-order chi connectivity index (χ1) is 12.7. The van der Waals surface area contributed by atoms with Gasteiger partial charge in [-0.1, -0.05) is 17.7 Å². The molecule has 142 valence electrons. The molecule has 1 amide bonds.